The Labute approximate surface area is 172 Å². The SMILES string of the molecule is Cc1ccc(-c2nc(N)nc3c(Oc4cccc(CO[C@H]5CCOC5)c4)cnn23)o1. The highest BCUT2D eigenvalue weighted by atomic mass is 16.5. The number of aromatic nitrogens is 4. The topological polar surface area (TPSA) is 110 Å². The summed E-state index contributed by atoms with van der Waals surface area (Å²) in [7, 11) is 0. The van der Waals surface area contributed by atoms with E-state index in [0.29, 0.717) is 41.9 Å². The van der Waals surface area contributed by atoms with Crippen LogP contribution in [0.2, 0.25) is 0 Å². The smallest absolute Gasteiger partial charge is 0.224 e. The van der Waals surface area contributed by atoms with E-state index < -0.39 is 0 Å². The second-order valence-corrected chi connectivity index (χ2v) is 7.11. The number of nitrogens with two attached hydrogens (primary N) is 1. The average Bonchev–Trinajstić information content (AvgIpc) is 3.48. The van der Waals surface area contributed by atoms with Gasteiger partial charge in [0.05, 0.1) is 25.5 Å². The third-order valence-electron chi connectivity index (χ3n) is 4.81. The molecule has 5 rings (SSSR count). The molecule has 1 saturated heterocycles. The van der Waals surface area contributed by atoms with Crippen molar-refractivity contribution in [2.75, 3.05) is 18.9 Å². The first-order valence-electron chi connectivity index (χ1n) is 9.70. The van der Waals surface area contributed by atoms with Crippen molar-refractivity contribution in [3.05, 3.63) is 53.9 Å². The van der Waals surface area contributed by atoms with E-state index in [1.165, 1.54) is 0 Å². The molecule has 0 radical (unpaired) electrons. The predicted octanol–water partition coefficient (Wildman–Crippen LogP) is 3.37. The van der Waals surface area contributed by atoms with E-state index in [9.17, 15) is 0 Å². The fourth-order valence-electron chi connectivity index (χ4n) is 3.34. The van der Waals surface area contributed by atoms with Gasteiger partial charge in [-0.1, -0.05) is 12.1 Å². The second-order valence-electron chi connectivity index (χ2n) is 7.11. The number of benzene rings is 1. The van der Waals surface area contributed by atoms with Gasteiger partial charge in [0.25, 0.3) is 0 Å². The Bertz CT molecular complexity index is 1180. The lowest BCUT2D eigenvalue weighted by Crippen LogP contribution is -2.11. The summed E-state index contributed by atoms with van der Waals surface area (Å²) >= 11 is 0. The predicted molar refractivity (Wildman–Crippen MR) is 108 cm³/mol. The lowest BCUT2D eigenvalue weighted by atomic mass is 10.2. The Morgan fingerprint density at radius 2 is 2.17 bits per heavy atom. The molecule has 0 bridgehead atoms. The molecule has 154 valence electrons. The molecule has 0 spiro atoms. The second kappa shape index (κ2) is 7.77. The largest absolute Gasteiger partial charge is 0.458 e. The Morgan fingerprint density at radius 3 is 2.97 bits per heavy atom. The van der Waals surface area contributed by atoms with Gasteiger partial charge in [-0.3, -0.25) is 0 Å². The highest BCUT2D eigenvalue weighted by Gasteiger charge is 2.18. The Hall–Kier alpha value is -3.43. The summed E-state index contributed by atoms with van der Waals surface area (Å²) in [6.07, 6.45) is 2.66. The van der Waals surface area contributed by atoms with Gasteiger partial charge < -0.3 is 24.4 Å². The highest BCUT2D eigenvalue weighted by molar-refractivity contribution is 5.62. The normalized spacial score (nSPS) is 16.4. The van der Waals surface area contributed by atoms with Gasteiger partial charge in [0.15, 0.2) is 11.5 Å². The molecular weight excluding hydrogens is 386 g/mol. The van der Waals surface area contributed by atoms with E-state index in [2.05, 4.69) is 15.1 Å². The molecule has 1 fully saturated rings. The van der Waals surface area contributed by atoms with Gasteiger partial charge in [0.1, 0.15) is 11.5 Å². The minimum atomic E-state index is 0.109. The molecule has 0 unspecified atom stereocenters. The molecule has 4 heterocycles. The summed E-state index contributed by atoms with van der Waals surface area (Å²) in [6, 6.07) is 11.4. The minimum absolute atomic E-state index is 0.109. The van der Waals surface area contributed by atoms with Crippen LogP contribution in [0.3, 0.4) is 0 Å². The molecular formula is C21H21N5O4. The third kappa shape index (κ3) is 3.72. The van der Waals surface area contributed by atoms with Crippen LogP contribution in [-0.2, 0) is 16.1 Å². The molecule has 1 aliphatic rings. The number of furan rings is 1. The number of hydrogen-bond acceptors (Lipinski definition) is 8. The molecule has 9 nitrogen and oxygen atoms in total. The zero-order valence-electron chi connectivity index (χ0n) is 16.4. The maximum Gasteiger partial charge on any atom is 0.224 e. The van der Waals surface area contributed by atoms with Crippen molar-refractivity contribution in [3.63, 3.8) is 0 Å². The standard InChI is InChI=1S/C21H21N5O4/c1-13-5-6-17(29-13)19-24-21(22)25-20-18(10-23-26(19)20)30-15-4-2-3-14(9-15)11-28-16-7-8-27-12-16/h2-6,9-10,16H,7-8,11-12H2,1H3,(H2,22,25)/t16-/m0/s1. The van der Waals surface area contributed by atoms with Crippen LogP contribution in [0.25, 0.3) is 17.2 Å². The summed E-state index contributed by atoms with van der Waals surface area (Å²) in [5.41, 5.74) is 7.39. The van der Waals surface area contributed by atoms with E-state index in [1.807, 2.05) is 43.3 Å². The zero-order chi connectivity index (χ0) is 20.5. The maximum absolute atomic E-state index is 6.06. The number of anilines is 1. The van der Waals surface area contributed by atoms with Crippen molar-refractivity contribution in [2.45, 2.75) is 26.1 Å². The van der Waals surface area contributed by atoms with Gasteiger partial charge in [-0.05, 0) is 43.2 Å². The number of fused-ring (bicyclic) bond motifs is 1. The minimum Gasteiger partial charge on any atom is -0.458 e. The van der Waals surface area contributed by atoms with Gasteiger partial charge in [0, 0.05) is 6.61 Å². The summed E-state index contributed by atoms with van der Waals surface area (Å²) in [6.45, 7) is 3.76. The first kappa shape index (κ1) is 18.6. The van der Waals surface area contributed by atoms with Crippen molar-refractivity contribution >= 4 is 11.6 Å². The number of hydrogen-bond donors (Lipinski definition) is 1. The van der Waals surface area contributed by atoms with Crippen molar-refractivity contribution in [3.8, 4) is 23.1 Å². The first-order chi connectivity index (χ1) is 14.7. The van der Waals surface area contributed by atoms with Gasteiger partial charge >= 0.3 is 0 Å². The van der Waals surface area contributed by atoms with E-state index in [1.54, 1.807) is 10.7 Å². The molecule has 2 N–H and O–H groups in total. The van der Waals surface area contributed by atoms with Crippen LogP contribution >= 0.6 is 0 Å². The monoisotopic (exact) mass is 407 g/mol. The van der Waals surface area contributed by atoms with Crippen LogP contribution in [-0.4, -0.2) is 38.9 Å². The number of nitrogen functional groups attached to an aromatic ring is 1. The van der Waals surface area contributed by atoms with Gasteiger partial charge in [-0.15, -0.1) is 0 Å². The fourth-order valence-corrected chi connectivity index (χ4v) is 3.34. The molecule has 1 aromatic carbocycles. The lowest BCUT2D eigenvalue weighted by Gasteiger charge is -2.11. The Morgan fingerprint density at radius 1 is 1.23 bits per heavy atom. The van der Waals surface area contributed by atoms with E-state index in [0.717, 1.165) is 24.4 Å². The molecule has 9 heteroatoms. The van der Waals surface area contributed by atoms with Gasteiger partial charge in [-0.2, -0.15) is 19.6 Å². The van der Waals surface area contributed by atoms with E-state index in [4.69, 9.17) is 24.4 Å². The third-order valence-corrected chi connectivity index (χ3v) is 4.81. The van der Waals surface area contributed by atoms with Crippen LogP contribution in [0.5, 0.6) is 11.5 Å². The summed E-state index contributed by atoms with van der Waals surface area (Å²) in [5, 5.41) is 4.37. The van der Waals surface area contributed by atoms with Gasteiger partial charge in [-0.25, -0.2) is 0 Å². The van der Waals surface area contributed by atoms with Crippen LogP contribution in [0.15, 0.2) is 47.0 Å². The molecule has 1 aliphatic heterocycles. The van der Waals surface area contributed by atoms with Crippen LogP contribution in [0, 0.1) is 6.92 Å². The molecule has 3 aromatic heterocycles. The fraction of sp³-hybridized carbons (Fsp3) is 0.286. The van der Waals surface area contributed by atoms with Crippen molar-refractivity contribution < 1.29 is 18.6 Å². The first-order valence-corrected chi connectivity index (χ1v) is 9.70. The maximum atomic E-state index is 6.06. The molecule has 30 heavy (non-hydrogen) atoms. The summed E-state index contributed by atoms with van der Waals surface area (Å²) in [5.74, 6) is 3.01. The van der Waals surface area contributed by atoms with Crippen molar-refractivity contribution in [2.24, 2.45) is 0 Å². The molecule has 0 aliphatic carbocycles. The quantitative estimate of drug-likeness (QED) is 0.518. The van der Waals surface area contributed by atoms with Gasteiger partial charge in [0.2, 0.25) is 17.4 Å². The van der Waals surface area contributed by atoms with E-state index in [-0.39, 0.29) is 12.1 Å². The molecule has 0 saturated carbocycles. The number of nitrogens with zero attached hydrogens (tertiary/aromatic N) is 4. The molecule has 1 atom stereocenters. The summed E-state index contributed by atoms with van der Waals surface area (Å²) < 4.78 is 24.5. The van der Waals surface area contributed by atoms with E-state index >= 15 is 0 Å². The van der Waals surface area contributed by atoms with Crippen LogP contribution < -0.4 is 10.5 Å². The summed E-state index contributed by atoms with van der Waals surface area (Å²) in [4.78, 5) is 8.57. The van der Waals surface area contributed by atoms with Crippen molar-refractivity contribution in [1.29, 1.82) is 0 Å². The van der Waals surface area contributed by atoms with Crippen molar-refractivity contribution in [1.82, 2.24) is 19.6 Å². The number of aryl methyl sites for hydroxylation is 1. The highest BCUT2D eigenvalue weighted by Crippen LogP contribution is 2.29. The average molecular weight is 407 g/mol. The zero-order valence-corrected chi connectivity index (χ0v) is 16.4. The van der Waals surface area contributed by atoms with Crippen LogP contribution in [0.1, 0.15) is 17.7 Å². The number of rotatable bonds is 6. The number of ether oxygens (including phenoxy) is 3. The lowest BCUT2D eigenvalue weighted by molar-refractivity contribution is 0.0317. The molecule has 0 amide bonds. The Kier molecular flexibility index (Phi) is 4.82. The Balaban J connectivity index is 1.40. The molecule has 4 aromatic rings. The van der Waals surface area contributed by atoms with Crippen LogP contribution in [0.4, 0.5) is 5.95 Å².